The lowest BCUT2D eigenvalue weighted by atomic mass is 10.2. The molecule has 1 heterocycles. The third-order valence-electron chi connectivity index (χ3n) is 2.25. The van der Waals surface area contributed by atoms with Crippen LogP contribution in [0, 0.1) is 5.92 Å². The minimum absolute atomic E-state index is 0.0423. The van der Waals surface area contributed by atoms with Gasteiger partial charge in [0.2, 0.25) is 0 Å². The van der Waals surface area contributed by atoms with E-state index in [2.05, 4.69) is 24.3 Å². The summed E-state index contributed by atoms with van der Waals surface area (Å²) >= 11 is 0. The Morgan fingerprint density at radius 3 is 2.88 bits per heavy atom. The van der Waals surface area contributed by atoms with E-state index < -0.39 is 0 Å². The smallest absolute Gasteiger partial charge is 0.266 e. The molecule has 0 aliphatic rings. The molecular weight excluding hydrogens is 218 g/mol. The molecular formula is C12H21N3O2. The number of aromatic nitrogens is 2. The number of ether oxygens (including phenoxy) is 1. The molecule has 0 atom stereocenters. The molecule has 0 spiro atoms. The van der Waals surface area contributed by atoms with Gasteiger partial charge in [0.1, 0.15) is 0 Å². The van der Waals surface area contributed by atoms with E-state index in [1.165, 1.54) is 4.68 Å². The maximum atomic E-state index is 11.5. The van der Waals surface area contributed by atoms with Gasteiger partial charge in [-0.25, -0.2) is 4.68 Å². The second kappa shape index (κ2) is 7.19. The molecule has 1 aromatic rings. The van der Waals surface area contributed by atoms with Crippen molar-refractivity contribution in [2.24, 2.45) is 5.92 Å². The fourth-order valence-electron chi connectivity index (χ4n) is 1.45. The number of hydrogen-bond acceptors (Lipinski definition) is 4. The predicted octanol–water partition coefficient (Wildman–Crippen LogP) is 0.635. The molecule has 1 rings (SSSR count). The number of nitrogens with one attached hydrogen (secondary N) is 1. The van der Waals surface area contributed by atoms with Gasteiger partial charge in [-0.05, 0) is 12.0 Å². The van der Waals surface area contributed by atoms with E-state index in [0.717, 1.165) is 12.2 Å². The van der Waals surface area contributed by atoms with Crippen molar-refractivity contribution in [1.82, 2.24) is 15.1 Å². The molecule has 0 amide bonds. The Morgan fingerprint density at radius 2 is 2.24 bits per heavy atom. The summed E-state index contributed by atoms with van der Waals surface area (Å²) in [6.45, 7) is 6.90. The van der Waals surface area contributed by atoms with Crippen molar-refractivity contribution < 1.29 is 4.74 Å². The highest BCUT2D eigenvalue weighted by Gasteiger charge is 2.02. The van der Waals surface area contributed by atoms with Crippen LogP contribution >= 0.6 is 0 Å². The maximum Gasteiger partial charge on any atom is 0.266 e. The number of hydrogen-bond donors (Lipinski definition) is 1. The van der Waals surface area contributed by atoms with Crippen LogP contribution in [0.4, 0.5) is 0 Å². The number of methoxy groups -OCH3 is 1. The highest BCUT2D eigenvalue weighted by atomic mass is 16.5. The molecule has 0 unspecified atom stereocenters. The van der Waals surface area contributed by atoms with E-state index >= 15 is 0 Å². The first-order valence-corrected chi connectivity index (χ1v) is 5.90. The molecule has 17 heavy (non-hydrogen) atoms. The second-order valence-corrected chi connectivity index (χ2v) is 4.41. The van der Waals surface area contributed by atoms with Gasteiger partial charge >= 0.3 is 0 Å². The van der Waals surface area contributed by atoms with E-state index in [9.17, 15) is 4.79 Å². The van der Waals surface area contributed by atoms with Crippen molar-refractivity contribution in [1.29, 1.82) is 0 Å². The van der Waals surface area contributed by atoms with Crippen LogP contribution in [0.15, 0.2) is 16.9 Å². The van der Waals surface area contributed by atoms with Crippen molar-refractivity contribution >= 4 is 0 Å². The van der Waals surface area contributed by atoms with Gasteiger partial charge in [-0.1, -0.05) is 13.8 Å². The number of nitrogens with zero attached hydrogens (tertiary/aromatic N) is 2. The molecule has 1 aromatic heterocycles. The Kier molecular flexibility index (Phi) is 5.86. The lowest BCUT2D eigenvalue weighted by molar-refractivity contribution is 0.199. The Balaban J connectivity index is 2.58. The fraction of sp³-hybridized carbons (Fsp3) is 0.667. The van der Waals surface area contributed by atoms with Gasteiger partial charge in [-0.15, -0.1) is 0 Å². The molecule has 0 aliphatic heterocycles. The van der Waals surface area contributed by atoms with Gasteiger partial charge in [0.05, 0.1) is 12.3 Å². The van der Waals surface area contributed by atoms with Crippen LogP contribution in [0.2, 0.25) is 0 Å². The summed E-state index contributed by atoms with van der Waals surface area (Å²) in [7, 11) is 1.67. The monoisotopic (exact) mass is 239 g/mol. The minimum Gasteiger partial charge on any atom is -0.383 e. The van der Waals surface area contributed by atoms with Gasteiger partial charge in [0, 0.05) is 32.8 Å². The van der Waals surface area contributed by atoms with E-state index in [1.54, 1.807) is 19.2 Å². The predicted molar refractivity (Wildman–Crippen MR) is 66.9 cm³/mol. The van der Waals surface area contributed by atoms with Crippen molar-refractivity contribution in [3.8, 4) is 0 Å². The third kappa shape index (κ3) is 5.10. The number of rotatable bonds is 7. The molecule has 0 aromatic carbocycles. The lowest BCUT2D eigenvalue weighted by Gasteiger charge is -2.09. The van der Waals surface area contributed by atoms with Crippen LogP contribution in [0.25, 0.3) is 0 Å². The van der Waals surface area contributed by atoms with Gasteiger partial charge < -0.3 is 10.1 Å². The second-order valence-electron chi connectivity index (χ2n) is 4.41. The first-order valence-electron chi connectivity index (χ1n) is 5.90. The SMILES string of the molecule is COCCNCc1ccc(=O)n(CC(C)C)n1. The summed E-state index contributed by atoms with van der Waals surface area (Å²) in [5.74, 6) is 0.414. The van der Waals surface area contributed by atoms with Crippen LogP contribution in [-0.4, -0.2) is 30.0 Å². The van der Waals surface area contributed by atoms with Crippen LogP contribution < -0.4 is 10.9 Å². The molecule has 0 saturated carbocycles. The Labute approximate surface area is 102 Å². The summed E-state index contributed by atoms with van der Waals surface area (Å²) in [5.41, 5.74) is 0.834. The maximum absolute atomic E-state index is 11.5. The zero-order chi connectivity index (χ0) is 12.7. The van der Waals surface area contributed by atoms with Gasteiger partial charge in [-0.3, -0.25) is 4.79 Å². The van der Waals surface area contributed by atoms with Crippen LogP contribution in [0.1, 0.15) is 19.5 Å². The third-order valence-corrected chi connectivity index (χ3v) is 2.25. The van der Waals surface area contributed by atoms with Crippen molar-refractivity contribution in [2.45, 2.75) is 26.9 Å². The first-order chi connectivity index (χ1) is 8.13. The molecule has 0 radical (unpaired) electrons. The standard InChI is InChI=1S/C12H21N3O2/c1-10(2)9-15-12(16)5-4-11(14-15)8-13-6-7-17-3/h4-5,10,13H,6-9H2,1-3H3. The van der Waals surface area contributed by atoms with Crippen molar-refractivity contribution in [2.75, 3.05) is 20.3 Å². The highest BCUT2D eigenvalue weighted by molar-refractivity contribution is 5.00. The largest absolute Gasteiger partial charge is 0.383 e. The highest BCUT2D eigenvalue weighted by Crippen LogP contribution is 1.96. The summed E-state index contributed by atoms with van der Waals surface area (Å²) in [4.78, 5) is 11.5. The molecule has 5 heteroatoms. The Hall–Kier alpha value is -1.20. The Bertz CT molecular complexity index is 388. The van der Waals surface area contributed by atoms with Gasteiger partial charge in [0.15, 0.2) is 0 Å². The summed E-state index contributed by atoms with van der Waals surface area (Å²) in [6, 6.07) is 3.33. The molecule has 5 nitrogen and oxygen atoms in total. The molecule has 96 valence electrons. The normalized spacial score (nSPS) is 11.1. The lowest BCUT2D eigenvalue weighted by Crippen LogP contribution is -2.27. The van der Waals surface area contributed by atoms with E-state index in [0.29, 0.717) is 25.6 Å². The van der Waals surface area contributed by atoms with Crippen molar-refractivity contribution in [3.05, 3.63) is 28.2 Å². The summed E-state index contributed by atoms with van der Waals surface area (Å²) in [5, 5.41) is 7.51. The van der Waals surface area contributed by atoms with E-state index in [-0.39, 0.29) is 5.56 Å². The molecule has 0 fully saturated rings. The summed E-state index contributed by atoms with van der Waals surface area (Å²) < 4.78 is 6.46. The van der Waals surface area contributed by atoms with Crippen molar-refractivity contribution in [3.63, 3.8) is 0 Å². The minimum atomic E-state index is -0.0423. The summed E-state index contributed by atoms with van der Waals surface area (Å²) in [6.07, 6.45) is 0. The average Bonchev–Trinajstić information content (AvgIpc) is 2.28. The topological polar surface area (TPSA) is 56.1 Å². The molecule has 1 N–H and O–H groups in total. The molecule has 0 aliphatic carbocycles. The quantitative estimate of drug-likeness (QED) is 0.709. The fourth-order valence-corrected chi connectivity index (χ4v) is 1.45. The zero-order valence-corrected chi connectivity index (χ0v) is 10.8. The van der Waals surface area contributed by atoms with E-state index in [1.807, 2.05) is 0 Å². The van der Waals surface area contributed by atoms with Crippen LogP contribution in [-0.2, 0) is 17.8 Å². The first kappa shape index (κ1) is 13.9. The van der Waals surface area contributed by atoms with Crippen LogP contribution in [0.5, 0.6) is 0 Å². The average molecular weight is 239 g/mol. The van der Waals surface area contributed by atoms with E-state index in [4.69, 9.17) is 4.74 Å². The Morgan fingerprint density at radius 1 is 1.47 bits per heavy atom. The zero-order valence-electron chi connectivity index (χ0n) is 10.8. The van der Waals surface area contributed by atoms with Crippen LogP contribution in [0.3, 0.4) is 0 Å². The molecule has 0 saturated heterocycles. The van der Waals surface area contributed by atoms with Gasteiger partial charge in [-0.2, -0.15) is 5.10 Å². The molecule has 0 bridgehead atoms. The van der Waals surface area contributed by atoms with Gasteiger partial charge in [0.25, 0.3) is 5.56 Å².